The number of benzene rings is 1. The smallest absolute Gasteiger partial charge is 0.255 e. The first-order valence-corrected chi connectivity index (χ1v) is 8.81. The lowest BCUT2D eigenvalue weighted by Crippen LogP contribution is -2.48. The Kier molecular flexibility index (Phi) is 3.99. The van der Waals surface area contributed by atoms with Crippen molar-refractivity contribution in [2.75, 3.05) is 11.4 Å². The SMILES string of the molecule is C[C@H](C(=O)N1CCCCc2cccnc21)N1Cc2ccccc2C1=O. The largest absolute Gasteiger partial charge is 0.323 e. The van der Waals surface area contributed by atoms with Crippen LogP contribution in [0.15, 0.2) is 42.6 Å². The average Bonchev–Trinajstić information content (AvgIpc) is 2.84. The second kappa shape index (κ2) is 6.31. The van der Waals surface area contributed by atoms with Crippen molar-refractivity contribution in [1.29, 1.82) is 0 Å². The van der Waals surface area contributed by atoms with E-state index in [1.54, 1.807) is 16.0 Å². The fourth-order valence-corrected chi connectivity index (χ4v) is 3.72. The molecule has 0 bridgehead atoms. The van der Waals surface area contributed by atoms with Crippen LogP contribution < -0.4 is 4.90 Å². The third kappa shape index (κ3) is 2.69. The molecule has 2 aromatic rings. The molecule has 0 aliphatic carbocycles. The van der Waals surface area contributed by atoms with Gasteiger partial charge in [-0.3, -0.25) is 14.5 Å². The average molecular weight is 335 g/mol. The van der Waals surface area contributed by atoms with Crippen LogP contribution >= 0.6 is 0 Å². The number of amides is 2. The molecule has 0 radical (unpaired) electrons. The number of hydrogen-bond acceptors (Lipinski definition) is 3. The first kappa shape index (κ1) is 15.8. The summed E-state index contributed by atoms with van der Waals surface area (Å²) in [5.41, 5.74) is 2.80. The van der Waals surface area contributed by atoms with Gasteiger partial charge in [-0.25, -0.2) is 4.98 Å². The Bertz CT molecular complexity index is 833. The van der Waals surface area contributed by atoms with E-state index in [0.29, 0.717) is 18.7 Å². The molecule has 128 valence electrons. The topological polar surface area (TPSA) is 53.5 Å². The molecule has 4 rings (SSSR count). The summed E-state index contributed by atoms with van der Waals surface area (Å²) in [5.74, 6) is 0.636. The maximum absolute atomic E-state index is 13.2. The number of aryl methyl sites for hydroxylation is 1. The lowest BCUT2D eigenvalue weighted by Gasteiger charge is -2.29. The normalized spacial score (nSPS) is 17.7. The van der Waals surface area contributed by atoms with Gasteiger partial charge < -0.3 is 4.90 Å². The Balaban J connectivity index is 1.60. The van der Waals surface area contributed by atoms with Gasteiger partial charge in [-0.05, 0) is 49.4 Å². The number of anilines is 1. The summed E-state index contributed by atoms with van der Waals surface area (Å²) in [6.45, 7) is 2.96. The van der Waals surface area contributed by atoms with Crippen LogP contribution in [0.4, 0.5) is 5.82 Å². The summed E-state index contributed by atoms with van der Waals surface area (Å²) < 4.78 is 0. The van der Waals surface area contributed by atoms with Gasteiger partial charge in [0.15, 0.2) is 0 Å². The predicted octanol–water partition coefficient (Wildman–Crippen LogP) is 2.80. The van der Waals surface area contributed by atoms with Crippen molar-refractivity contribution in [3.8, 4) is 0 Å². The van der Waals surface area contributed by atoms with Crippen LogP contribution in [-0.4, -0.2) is 34.3 Å². The van der Waals surface area contributed by atoms with Gasteiger partial charge in [0.05, 0.1) is 0 Å². The van der Waals surface area contributed by atoms with Gasteiger partial charge in [0.1, 0.15) is 11.9 Å². The summed E-state index contributed by atoms with van der Waals surface area (Å²) in [4.78, 5) is 33.8. The van der Waals surface area contributed by atoms with E-state index in [2.05, 4.69) is 4.98 Å². The number of carbonyl (C=O) groups is 2. The van der Waals surface area contributed by atoms with E-state index in [4.69, 9.17) is 0 Å². The molecule has 5 heteroatoms. The minimum Gasteiger partial charge on any atom is -0.323 e. The zero-order valence-corrected chi connectivity index (χ0v) is 14.3. The van der Waals surface area contributed by atoms with Crippen molar-refractivity contribution in [1.82, 2.24) is 9.88 Å². The van der Waals surface area contributed by atoms with Gasteiger partial charge in [0.2, 0.25) is 0 Å². The van der Waals surface area contributed by atoms with E-state index in [0.717, 1.165) is 36.2 Å². The van der Waals surface area contributed by atoms with Crippen LogP contribution in [0.25, 0.3) is 0 Å². The Morgan fingerprint density at radius 2 is 1.92 bits per heavy atom. The van der Waals surface area contributed by atoms with Crippen LogP contribution in [0, 0.1) is 0 Å². The standard InChI is InChI=1S/C20H21N3O2/c1-14(23-13-16-8-2-3-10-17(16)20(23)25)19(24)22-12-5-4-7-15-9-6-11-21-18(15)22/h2-3,6,8-11,14H,4-5,7,12-13H2,1H3/t14-/m1/s1. The van der Waals surface area contributed by atoms with E-state index >= 15 is 0 Å². The second-order valence-corrected chi connectivity index (χ2v) is 6.70. The van der Waals surface area contributed by atoms with E-state index < -0.39 is 6.04 Å². The quantitative estimate of drug-likeness (QED) is 0.848. The second-order valence-electron chi connectivity index (χ2n) is 6.70. The van der Waals surface area contributed by atoms with Gasteiger partial charge in [0, 0.05) is 24.8 Å². The van der Waals surface area contributed by atoms with Crippen LogP contribution in [0.2, 0.25) is 0 Å². The molecule has 25 heavy (non-hydrogen) atoms. The lowest BCUT2D eigenvalue weighted by atomic mass is 10.1. The maximum atomic E-state index is 13.2. The van der Waals surface area contributed by atoms with Crippen LogP contribution in [0.3, 0.4) is 0 Å². The maximum Gasteiger partial charge on any atom is 0.255 e. The molecule has 0 unspecified atom stereocenters. The van der Waals surface area contributed by atoms with Crippen LogP contribution in [0.1, 0.15) is 41.3 Å². The highest BCUT2D eigenvalue weighted by atomic mass is 16.2. The van der Waals surface area contributed by atoms with Gasteiger partial charge in [-0.15, -0.1) is 0 Å². The van der Waals surface area contributed by atoms with Crippen LogP contribution in [0.5, 0.6) is 0 Å². The highest BCUT2D eigenvalue weighted by Gasteiger charge is 2.36. The zero-order chi connectivity index (χ0) is 17.4. The molecule has 2 aliphatic rings. The number of aromatic nitrogens is 1. The molecule has 2 aliphatic heterocycles. The minimum absolute atomic E-state index is 0.0528. The van der Waals surface area contributed by atoms with Crippen molar-refractivity contribution in [2.24, 2.45) is 0 Å². The van der Waals surface area contributed by atoms with E-state index in [1.165, 1.54) is 0 Å². The molecule has 0 N–H and O–H groups in total. The van der Waals surface area contributed by atoms with Crippen molar-refractivity contribution in [3.05, 3.63) is 59.3 Å². The lowest BCUT2D eigenvalue weighted by molar-refractivity contribution is -0.122. The summed E-state index contributed by atoms with van der Waals surface area (Å²) in [7, 11) is 0. The Labute approximate surface area is 147 Å². The van der Waals surface area contributed by atoms with Crippen molar-refractivity contribution < 1.29 is 9.59 Å². The van der Waals surface area contributed by atoms with Crippen LogP contribution in [-0.2, 0) is 17.8 Å². The summed E-state index contributed by atoms with van der Waals surface area (Å²) in [6, 6.07) is 11.0. The van der Waals surface area contributed by atoms with Gasteiger partial charge >= 0.3 is 0 Å². The number of rotatable bonds is 2. The molecule has 0 saturated carbocycles. The molecular weight excluding hydrogens is 314 g/mol. The molecule has 1 atom stereocenters. The number of fused-ring (bicyclic) bond motifs is 2. The van der Waals surface area contributed by atoms with Crippen molar-refractivity contribution in [2.45, 2.75) is 38.8 Å². The Morgan fingerprint density at radius 3 is 2.76 bits per heavy atom. The summed E-state index contributed by atoms with van der Waals surface area (Å²) in [6.07, 6.45) is 4.66. The number of pyridine rings is 1. The molecule has 0 saturated heterocycles. The van der Waals surface area contributed by atoms with Gasteiger partial charge in [-0.1, -0.05) is 24.3 Å². The highest BCUT2D eigenvalue weighted by Crippen LogP contribution is 2.28. The van der Waals surface area contributed by atoms with E-state index in [9.17, 15) is 9.59 Å². The molecular formula is C20H21N3O2. The molecule has 2 amide bonds. The molecule has 1 aromatic carbocycles. The molecule has 3 heterocycles. The summed E-state index contributed by atoms with van der Waals surface area (Å²) >= 11 is 0. The van der Waals surface area contributed by atoms with E-state index in [-0.39, 0.29) is 11.8 Å². The highest BCUT2D eigenvalue weighted by molar-refractivity contribution is 6.04. The minimum atomic E-state index is -0.507. The van der Waals surface area contributed by atoms with Gasteiger partial charge in [0.25, 0.3) is 11.8 Å². The zero-order valence-electron chi connectivity index (χ0n) is 14.3. The van der Waals surface area contributed by atoms with Crippen molar-refractivity contribution >= 4 is 17.6 Å². The monoisotopic (exact) mass is 335 g/mol. The molecule has 0 fully saturated rings. The molecule has 5 nitrogen and oxygen atoms in total. The predicted molar refractivity (Wildman–Crippen MR) is 95.3 cm³/mol. The number of nitrogens with zero attached hydrogens (tertiary/aromatic N) is 3. The Hall–Kier alpha value is -2.69. The number of hydrogen-bond donors (Lipinski definition) is 0. The fraction of sp³-hybridized carbons (Fsp3) is 0.350. The number of carbonyl (C=O) groups excluding carboxylic acids is 2. The van der Waals surface area contributed by atoms with Crippen molar-refractivity contribution in [3.63, 3.8) is 0 Å². The molecule has 0 spiro atoms. The third-order valence-electron chi connectivity index (χ3n) is 5.14. The molecule has 1 aromatic heterocycles. The summed E-state index contributed by atoms with van der Waals surface area (Å²) in [5, 5.41) is 0. The third-order valence-corrected chi connectivity index (χ3v) is 5.14. The van der Waals surface area contributed by atoms with E-state index in [1.807, 2.05) is 43.3 Å². The first-order valence-electron chi connectivity index (χ1n) is 8.81. The fourth-order valence-electron chi connectivity index (χ4n) is 3.72. The first-order chi connectivity index (χ1) is 12.2. The van der Waals surface area contributed by atoms with Gasteiger partial charge in [-0.2, -0.15) is 0 Å². The Morgan fingerprint density at radius 1 is 1.12 bits per heavy atom.